The van der Waals surface area contributed by atoms with Gasteiger partial charge in [0.05, 0.1) is 11.4 Å². The minimum Gasteiger partial charge on any atom is -0.454 e. The summed E-state index contributed by atoms with van der Waals surface area (Å²) in [4.78, 5) is 36.1. The number of benzene rings is 1. The molecule has 27 heavy (non-hydrogen) atoms. The monoisotopic (exact) mass is 387 g/mol. The summed E-state index contributed by atoms with van der Waals surface area (Å²) in [5.74, 6) is 0.233. The highest BCUT2D eigenvalue weighted by atomic mass is 32.1. The van der Waals surface area contributed by atoms with Crippen molar-refractivity contribution in [3.05, 3.63) is 51.7 Å². The zero-order valence-electron chi connectivity index (χ0n) is 14.5. The van der Waals surface area contributed by atoms with Gasteiger partial charge in [-0.1, -0.05) is 6.07 Å². The van der Waals surface area contributed by atoms with Gasteiger partial charge in [-0.15, -0.1) is 11.3 Å². The molecule has 2 aromatic rings. The van der Waals surface area contributed by atoms with Crippen LogP contribution in [0.15, 0.2) is 36.4 Å². The molecular formula is C19H17NO6S. The van der Waals surface area contributed by atoms with Crippen molar-refractivity contribution < 1.29 is 28.6 Å². The molecule has 2 heterocycles. The Hall–Kier alpha value is -3.13. The summed E-state index contributed by atoms with van der Waals surface area (Å²) in [6, 6.07) is 8.70. The predicted molar refractivity (Wildman–Crippen MR) is 98.7 cm³/mol. The largest absolute Gasteiger partial charge is 0.454 e. The van der Waals surface area contributed by atoms with Gasteiger partial charge in [0, 0.05) is 17.9 Å². The number of hydrogen-bond donors (Lipinski definition) is 1. The molecule has 0 unspecified atom stereocenters. The molecular weight excluding hydrogens is 370 g/mol. The summed E-state index contributed by atoms with van der Waals surface area (Å²) in [5, 5.41) is 2.66. The second kappa shape index (κ2) is 8.50. The lowest BCUT2D eigenvalue weighted by atomic mass is 10.2. The summed E-state index contributed by atoms with van der Waals surface area (Å²) < 4.78 is 15.5. The Morgan fingerprint density at radius 2 is 2.00 bits per heavy atom. The number of fused-ring (bicyclic) bond motifs is 1. The maximum absolute atomic E-state index is 12.1. The van der Waals surface area contributed by atoms with Crippen molar-refractivity contribution in [1.29, 1.82) is 0 Å². The van der Waals surface area contributed by atoms with E-state index in [1.807, 2.05) is 0 Å². The average Bonchev–Trinajstić information content (AvgIpc) is 3.31. The van der Waals surface area contributed by atoms with E-state index in [2.05, 4.69) is 5.32 Å². The molecule has 7 nitrogen and oxygen atoms in total. The number of rotatable bonds is 7. The molecule has 1 aromatic carbocycles. The standard InChI is InChI=1S/C19H17NO6S/c1-12(21)20-9-14-4-6-18(27-14)15(22)10-24-19(23)7-3-13-2-5-16-17(8-13)26-11-25-16/h2-8H,9-11H2,1H3,(H,20,21)/b7-3+. The summed E-state index contributed by atoms with van der Waals surface area (Å²) in [7, 11) is 0. The maximum Gasteiger partial charge on any atom is 0.331 e. The van der Waals surface area contributed by atoms with Crippen molar-refractivity contribution in [2.45, 2.75) is 13.5 Å². The second-order valence-corrected chi connectivity index (χ2v) is 6.82. The fourth-order valence-corrected chi connectivity index (χ4v) is 3.14. The number of Topliss-reactive ketones (excluding diaryl/α,β-unsaturated/α-hetero) is 1. The van der Waals surface area contributed by atoms with Crippen molar-refractivity contribution in [1.82, 2.24) is 5.32 Å². The van der Waals surface area contributed by atoms with Gasteiger partial charge < -0.3 is 19.5 Å². The Morgan fingerprint density at radius 1 is 1.19 bits per heavy atom. The molecule has 0 bridgehead atoms. The van der Waals surface area contributed by atoms with Crippen molar-refractivity contribution in [2.75, 3.05) is 13.4 Å². The van der Waals surface area contributed by atoms with Gasteiger partial charge in [-0.25, -0.2) is 4.79 Å². The molecule has 3 rings (SSSR count). The summed E-state index contributed by atoms with van der Waals surface area (Å²) in [6.07, 6.45) is 2.83. The lowest BCUT2D eigenvalue weighted by Crippen LogP contribution is -2.18. The number of ketones is 1. The van der Waals surface area contributed by atoms with Gasteiger partial charge in [-0.05, 0) is 35.9 Å². The predicted octanol–water partition coefficient (Wildman–Crippen LogP) is 2.55. The number of thiophene rings is 1. The summed E-state index contributed by atoms with van der Waals surface area (Å²) >= 11 is 1.26. The van der Waals surface area contributed by atoms with E-state index in [0.717, 1.165) is 10.4 Å². The van der Waals surface area contributed by atoms with Crippen LogP contribution in [-0.2, 0) is 20.9 Å². The van der Waals surface area contributed by atoms with E-state index in [1.54, 1.807) is 36.4 Å². The third-order valence-corrected chi connectivity index (χ3v) is 4.73. The maximum atomic E-state index is 12.1. The molecule has 1 aliphatic heterocycles. The third-order valence-electron chi connectivity index (χ3n) is 3.60. The fourth-order valence-electron chi connectivity index (χ4n) is 2.27. The van der Waals surface area contributed by atoms with Crippen LogP contribution in [0.4, 0.5) is 0 Å². The second-order valence-electron chi connectivity index (χ2n) is 5.65. The molecule has 0 saturated carbocycles. The molecule has 0 atom stereocenters. The fraction of sp³-hybridized carbons (Fsp3) is 0.211. The van der Waals surface area contributed by atoms with E-state index in [9.17, 15) is 14.4 Å². The van der Waals surface area contributed by atoms with Crippen LogP contribution < -0.4 is 14.8 Å². The van der Waals surface area contributed by atoms with Crippen molar-refractivity contribution in [3.63, 3.8) is 0 Å². The molecule has 140 valence electrons. The SMILES string of the molecule is CC(=O)NCc1ccc(C(=O)COC(=O)/C=C/c2ccc3c(c2)OCO3)s1. The van der Waals surface area contributed by atoms with Crippen molar-refractivity contribution >= 4 is 35.1 Å². The smallest absolute Gasteiger partial charge is 0.331 e. The first-order chi connectivity index (χ1) is 13.0. The van der Waals surface area contributed by atoms with Gasteiger partial charge in [-0.2, -0.15) is 0 Å². The van der Waals surface area contributed by atoms with Crippen LogP contribution in [0.1, 0.15) is 27.0 Å². The number of ether oxygens (including phenoxy) is 3. The molecule has 0 radical (unpaired) electrons. The van der Waals surface area contributed by atoms with E-state index in [-0.39, 0.29) is 25.1 Å². The van der Waals surface area contributed by atoms with Crippen LogP contribution in [0.3, 0.4) is 0 Å². The molecule has 0 saturated heterocycles. The number of amides is 1. The lowest BCUT2D eigenvalue weighted by Gasteiger charge is -2.00. The first-order valence-corrected chi connectivity index (χ1v) is 8.94. The van der Waals surface area contributed by atoms with Gasteiger partial charge in [-0.3, -0.25) is 9.59 Å². The average molecular weight is 387 g/mol. The van der Waals surface area contributed by atoms with E-state index < -0.39 is 5.97 Å². The summed E-state index contributed by atoms with van der Waals surface area (Å²) in [5.41, 5.74) is 0.753. The third kappa shape index (κ3) is 5.18. The van der Waals surface area contributed by atoms with Gasteiger partial charge in [0.15, 0.2) is 18.1 Å². The first kappa shape index (κ1) is 18.7. The van der Waals surface area contributed by atoms with E-state index >= 15 is 0 Å². The van der Waals surface area contributed by atoms with E-state index in [1.165, 1.54) is 24.3 Å². The molecule has 0 spiro atoms. The molecule has 1 aromatic heterocycles. The highest BCUT2D eigenvalue weighted by Crippen LogP contribution is 2.32. The molecule has 1 N–H and O–H groups in total. The normalized spacial score (nSPS) is 12.2. The number of esters is 1. The lowest BCUT2D eigenvalue weighted by molar-refractivity contribution is -0.136. The van der Waals surface area contributed by atoms with Crippen LogP contribution in [-0.4, -0.2) is 31.1 Å². The quantitative estimate of drug-likeness (QED) is 0.446. The van der Waals surface area contributed by atoms with Gasteiger partial charge in [0.2, 0.25) is 18.5 Å². The van der Waals surface area contributed by atoms with Crippen LogP contribution in [0, 0.1) is 0 Å². The Labute approximate surface area is 159 Å². The Kier molecular flexibility index (Phi) is 5.87. The molecule has 1 aliphatic rings. The van der Waals surface area contributed by atoms with E-state index in [4.69, 9.17) is 14.2 Å². The number of nitrogens with one attached hydrogen (secondary N) is 1. The number of hydrogen-bond acceptors (Lipinski definition) is 7. The molecule has 8 heteroatoms. The minimum absolute atomic E-state index is 0.139. The highest BCUT2D eigenvalue weighted by molar-refractivity contribution is 7.14. The topological polar surface area (TPSA) is 90.9 Å². The Balaban J connectivity index is 1.48. The molecule has 1 amide bonds. The van der Waals surface area contributed by atoms with Crippen molar-refractivity contribution in [3.8, 4) is 11.5 Å². The van der Waals surface area contributed by atoms with Gasteiger partial charge in [0.1, 0.15) is 0 Å². The van der Waals surface area contributed by atoms with Crippen LogP contribution >= 0.6 is 11.3 Å². The minimum atomic E-state index is -0.615. The zero-order chi connectivity index (χ0) is 19.2. The van der Waals surface area contributed by atoms with Crippen LogP contribution in [0.2, 0.25) is 0 Å². The Morgan fingerprint density at radius 3 is 2.81 bits per heavy atom. The van der Waals surface area contributed by atoms with Gasteiger partial charge >= 0.3 is 5.97 Å². The summed E-state index contributed by atoms with van der Waals surface area (Å²) in [6.45, 7) is 1.63. The van der Waals surface area contributed by atoms with Crippen LogP contribution in [0.5, 0.6) is 11.5 Å². The zero-order valence-corrected chi connectivity index (χ0v) is 15.3. The number of carbonyl (C=O) groups excluding carboxylic acids is 3. The van der Waals surface area contributed by atoms with Crippen LogP contribution in [0.25, 0.3) is 6.08 Å². The first-order valence-electron chi connectivity index (χ1n) is 8.12. The van der Waals surface area contributed by atoms with Crippen molar-refractivity contribution in [2.24, 2.45) is 0 Å². The number of carbonyl (C=O) groups is 3. The molecule has 0 fully saturated rings. The van der Waals surface area contributed by atoms with Gasteiger partial charge in [0.25, 0.3) is 0 Å². The molecule has 0 aliphatic carbocycles. The van der Waals surface area contributed by atoms with E-state index in [0.29, 0.717) is 22.9 Å². The highest BCUT2D eigenvalue weighted by Gasteiger charge is 2.13. The Bertz CT molecular complexity index is 901.